The van der Waals surface area contributed by atoms with Crippen LogP contribution in [0.5, 0.6) is 0 Å². The lowest BCUT2D eigenvalue weighted by Crippen LogP contribution is -2.17. The van der Waals surface area contributed by atoms with E-state index < -0.39 is 10.0 Å². The maximum Gasteiger partial charge on any atom is 0.233 e. The van der Waals surface area contributed by atoms with E-state index in [9.17, 15) is 8.42 Å². The molecule has 18 heavy (non-hydrogen) atoms. The van der Waals surface area contributed by atoms with E-state index in [0.29, 0.717) is 11.2 Å². The lowest BCUT2D eigenvalue weighted by atomic mass is 10.2. The number of halogens is 1. The van der Waals surface area contributed by atoms with E-state index >= 15 is 0 Å². The van der Waals surface area contributed by atoms with Gasteiger partial charge < -0.3 is 0 Å². The van der Waals surface area contributed by atoms with Gasteiger partial charge in [-0.1, -0.05) is 18.2 Å². The summed E-state index contributed by atoms with van der Waals surface area (Å²) in [6.07, 6.45) is 0. The summed E-state index contributed by atoms with van der Waals surface area (Å²) in [4.78, 5) is 4.36. The van der Waals surface area contributed by atoms with Crippen LogP contribution in [0.2, 0.25) is 0 Å². The average molecular weight is 285 g/mol. The number of para-hydroxylation sites is 1. The Balaban J connectivity index is 2.48. The Labute approximate surface area is 111 Å². The number of anilines is 1. The maximum atomic E-state index is 11.7. The van der Waals surface area contributed by atoms with Crippen molar-refractivity contribution in [1.82, 2.24) is 4.98 Å². The van der Waals surface area contributed by atoms with Gasteiger partial charge in [-0.25, -0.2) is 8.42 Å². The molecule has 1 aromatic carbocycles. The van der Waals surface area contributed by atoms with Gasteiger partial charge in [0.1, 0.15) is 0 Å². The second-order valence-corrected chi connectivity index (χ2v) is 6.16. The molecule has 0 radical (unpaired) electrons. The summed E-state index contributed by atoms with van der Waals surface area (Å²) >= 11 is 5.46. The molecule has 0 aliphatic heterocycles. The van der Waals surface area contributed by atoms with Crippen LogP contribution in [0, 0.1) is 6.92 Å². The highest BCUT2D eigenvalue weighted by Crippen LogP contribution is 2.22. The second kappa shape index (κ2) is 5.12. The molecule has 0 unspecified atom stereocenters. The normalized spacial score (nSPS) is 11.7. The van der Waals surface area contributed by atoms with Crippen LogP contribution in [0.15, 0.2) is 30.3 Å². The standard InChI is InChI=1S/C12H13ClN2O2S/c1-9-5-6-10-3-2-4-11(12(10)14-9)15-18(16,17)8-7-13/h2-6,15H,7-8H2,1H3. The number of hydrogen-bond donors (Lipinski definition) is 1. The Morgan fingerprint density at radius 3 is 2.78 bits per heavy atom. The smallest absolute Gasteiger partial charge is 0.233 e. The fraction of sp³-hybridized carbons (Fsp3) is 0.250. The fourth-order valence-corrected chi connectivity index (χ4v) is 3.06. The van der Waals surface area contributed by atoms with Crippen molar-refractivity contribution in [2.45, 2.75) is 6.92 Å². The summed E-state index contributed by atoms with van der Waals surface area (Å²) in [5.74, 6) is -0.0523. The number of fused-ring (bicyclic) bond motifs is 1. The predicted octanol–water partition coefficient (Wildman–Crippen LogP) is 2.52. The zero-order valence-electron chi connectivity index (χ0n) is 9.85. The van der Waals surface area contributed by atoms with E-state index in [2.05, 4.69) is 9.71 Å². The Morgan fingerprint density at radius 2 is 2.06 bits per heavy atom. The minimum absolute atomic E-state index is 0.0621. The molecule has 0 spiro atoms. The number of nitrogens with zero attached hydrogens (tertiary/aromatic N) is 1. The van der Waals surface area contributed by atoms with E-state index in [1.165, 1.54) is 0 Å². The highest BCUT2D eigenvalue weighted by molar-refractivity contribution is 7.92. The van der Waals surface area contributed by atoms with Gasteiger partial charge >= 0.3 is 0 Å². The lowest BCUT2D eigenvalue weighted by Gasteiger charge is -2.09. The van der Waals surface area contributed by atoms with Crippen molar-refractivity contribution in [2.75, 3.05) is 16.4 Å². The van der Waals surface area contributed by atoms with Crippen LogP contribution >= 0.6 is 11.6 Å². The first-order valence-electron chi connectivity index (χ1n) is 5.45. The second-order valence-electron chi connectivity index (χ2n) is 3.94. The van der Waals surface area contributed by atoms with Crippen molar-refractivity contribution in [1.29, 1.82) is 0 Å². The molecule has 6 heteroatoms. The molecular weight excluding hydrogens is 272 g/mol. The monoisotopic (exact) mass is 284 g/mol. The van der Waals surface area contributed by atoms with Crippen molar-refractivity contribution < 1.29 is 8.42 Å². The third-order valence-corrected chi connectivity index (χ3v) is 4.16. The Kier molecular flexibility index (Phi) is 3.73. The molecule has 0 aliphatic rings. The first-order chi connectivity index (χ1) is 8.52. The molecule has 1 heterocycles. The van der Waals surface area contributed by atoms with E-state index in [0.717, 1.165) is 11.1 Å². The molecule has 0 atom stereocenters. The molecule has 0 amide bonds. The molecule has 2 aromatic rings. The first-order valence-corrected chi connectivity index (χ1v) is 7.63. The maximum absolute atomic E-state index is 11.7. The molecule has 1 aromatic heterocycles. The minimum Gasteiger partial charge on any atom is -0.281 e. The van der Waals surface area contributed by atoms with Gasteiger partial charge in [-0.05, 0) is 19.1 Å². The third-order valence-electron chi connectivity index (χ3n) is 2.47. The molecule has 0 aliphatic carbocycles. The Bertz CT molecular complexity index is 671. The van der Waals surface area contributed by atoms with Crippen LogP contribution < -0.4 is 4.72 Å². The van der Waals surface area contributed by atoms with Crippen LogP contribution in [-0.4, -0.2) is 25.0 Å². The van der Waals surface area contributed by atoms with Gasteiger partial charge in [0.2, 0.25) is 10.0 Å². The van der Waals surface area contributed by atoms with Gasteiger partial charge in [-0.2, -0.15) is 0 Å². The molecule has 4 nitrogen and oxygen atoms in total. The largest absolute Gasteiger partial charge is 0.281 e. The quantitative estimate of drug-likeness (QED) is 0.878. The molecule has 96 valence electrons. The molecule has 2 rings (SSSR count). The van der Waals surface area contributed by atoms with E-state index in [-0.39, 0.29) is 11.6 Å². The lowest BCUT2D eigenvalue weighted by molar-refractivity contribution is 0.602. The number of pyridine rings is 1. The summed E-state index contributed by atoms with van der Waals surface area (Å²) in [5.41, 5.74) is 1.98. The van der Waals surface area contributed by atoms with Gasteiger partial charge in [0, 0.05) is 17.0 Å². The number of sulfonamides is 1. The topological polar surface area (TPSA) is 59.1 Å². The Morgan fingerprint density at radius 1 is 1.28 bits per heavy atom. The number of rotatable bonds is 4. The summed E-state index contributed by atoms with van der Waals surface area (Å²) in [6, 6.07) is 9.18. The molecular formula is C12H13ClN2O2S. The molecule has 0 bridgehead atoms. The number of aryl methyl sites for hydroxylation is 1. The van der Waals surface area contributed by atoms with Gasteiger partial charge in [-0.15, -0.1) is 11.6 Å². The number of benzene rings is 1. The summed E-state index contributed by atoms with van der Waals surface area (Å²) in [6.45, 7) is 1.86. The zero-order chi connectivity index (χ0) is 13.2. The van der Waals surface area contributed by atoms with Crippen LogP contribution in [0.25, 0.3) is 10.9 Å². The summed E-state index contributed by atoms with van der Waals surface area (Å²) < 4.78 is 25.9. The number of nitrogens with one attached hydrogen (secondary N) is 1. The average Bonchev–Trinajstić information content (AvgIpc) is 2.29. The van der Waals surface area contributed by atoms with Gasteiger partial charge in [0.05, 0.1) is 17.0 Å². The summed E-state index contributed by atoms with van der Waals surface area (Å²) in [5, 5.41) is 0.895. The highest BCUT2D eigenvalue weighted by atomic mass is 35.5. The molecule has 1 N–H and O–H groups in total. The molecule has 0 saturated heterocycles. The minimum atomic E-state index is -3.41. The van der Waals surface area contributed by atoms with E-state index in [1.54, 1.807) is 12.1 Å². The number of aromatic nitrogens is 1. The molecule has 0 saturated carbocycles. The van der Waals surface area contributed by atoms with E-state index in [4.69, 9.17) is 11.6 Å². The van der Waals surface area contributed by atoms with Crippen LogP contribution in [-0.2, 0) is 10.0 Å². The first kappa shape index (κ1) is 13.1. The zero-order valence-corrected chi connectivity index (χ0v) is 11.4. The summed E-state index contributed by atoms with van der Waals surface area (Å²) in [7, 11) is -3.41. The third kappa shape index (κ3) is 2.91. The van der Waals surface area contributed by atoms with Gasteiger partial charge in [0.25, 0.3) is 0 Å². The van der Waals surface area contributed by atoms with Crippen LogP contribution in [0.1, 0.15) is 5.69 Å². The van der Waals surface area contributed by atoms with Crippen LogP contribution in [0.3, 0.4) is 0 Å². The molecule has 0 fully saturated rings. The van der Waals surface area contributed by atoms with Crippen molar-refractivity contribution in [3.05, 3.63) is 36.0 Å². The number of hydrogen-bond acceptors (Lipinski definition) is 3. The Hall–Kier alpha value is -1.33. The van der Waals surface area contributed by atoms with Crippen molar-refractivity contribution >= 4 is 38.2 Å². The van der Waals surface area contributed by atoms with Crippen molar-refractivity contribution in [3.63, 3.8) is 0 Å². The number of alkyl halides is 1. The fourth-order valence-electron chi connectivity index (χ4n) is 1.65. The SMILES string of the molecule is Cc1ccc2cccc(NS(=O)(=O)CCCl)c2n1. The van der Waals surface area contributed by atoms with Gasteiger partial charge in [-0.3, -0.25) is 9.71 Å². The predicted molar refractivity (Wildman–Crippen MR) is 74.6 cm³/mol. The highest BCUT2D eigenvalue weighted by Gasteiger charge is 2.12. The van der Waals surface area contributed by atoms with Crippen molar-refractivity contribution in [2.24, 2.45) is 0 Å². The van der Waals surface area contributed by atoms with E-state index in [1.807, 2.05) is 25.1 Å². The van der Waals surface area contributed by atoms with Crippen molar-refractivity contribution in [3.8, 4) is 0 Å². The van der Waals surface area contributed by atoms with Gasteiger partial charge in [0.15, 0.2) is 0 Å². The van der Waals surface area contributed by atoms with Crippen LogP contribution in [0.4, 0.5) is 5.69 Å².